The molecule has 0 aromatic heterocycles. The maximum absolute atomic E-state index is 13.3. The molecule has 2 saturated heterocycles. The Morgan fingerprint density at radius 1 is 1.04 bits per heavy atom. The second-order valence-corrected chi connectivity index (χ2v) is 7.63. The van der Waals surface area contributed by atoms with Gasteiger partial charge in [-0.1, -0.05) is 48.5 Å². The molecule has 4 rings (SSSR count). The fourth-order valence-corrected chi connectivity index (χ4v) is 4.27. The molecule has 2 amide bonds. The largest absolute Gasteiger partial charge is 0.337 e. The summed E-state index contributed by atoms with van der Waals surface area (Å²) in [6, 6.07) is 18.3. The summed E-state index contributed by atoms with van der Waals surface area (Å²) in [5, 5.41) is 3.12. The van der Waals surface area contributed by atoms with Gasteiger partial charge in [-0.15, -0.1) is 0 Å². The molecule has 1 N–H and O–H groups in total. The number of hydrogen-bond acceptors (Lipinski definition) is 3. The van der Waals surface area contributed by atoms with Gasteiger partial charge in [-0.05, 0) is 36.5 Å². The third-order valence-corrected chi connectivity index (χ3v) is 5.74. The summed E-state index contributed by atoms with van der Waals surface area (Å²) in [6.45, 7) is 3.36. The van der Waals surface area contributed by atoms with E-state index in [-0.39, 0.29) is 17.9 Å². The fourth-order valence-electron chi connectivity index (χ4n) is 4.27. The first-order valence-electron chi connectivity index (χ1n) is 10.1. The molecule has 2 aliphatic rings. The topological polar surface area (TPSA) is 52.7 Å². The van der Waals surface area contributed by atoms with Gasteiger partial charge in [0.05, 0.1) is 6.54 Å². The molecule has 0 bridgehead atoms. The molecule has 0 spiro atoms. The van der Waals surface area contributed by atoms with Crippen molar-refractivity contribution in [2.45, 2.75) is 25.3 Å². The van der Waals surface area contributed by atoms with E-state index in [1.165, 1.54) is 5.56 Å². The van der Waals surface area contributed by atoms with Crippen molar-refractivity contribution in [3.05, 3.63) is 71.3 Å². The molecule has 0 aliphatic carbocycles. The third kappa shape index (κ3) is 4.09. The summed E-state index contributed by atoms with van der Waals surface area (Å²) >= 11 is 0. The molecule has 28 heavy (non-hydrogen) atoms. The normalized spacial score (nSPS) is 20.3. The van der Waals surface area contributed by atoms with Crippen molar-refractivity contribution in [2.24, 2.45) is 0 Å². The van der Waals surface area contributed by atoms with Crippen LogP contribution in [0.3, 0.4) is 0 Å². The van der Waals surface area contributed by atoms with Gasteiger partial charge < -0.3 is 15.1 Å². The second kappa shape index (κ2) is 8.57. The number of nitrogens with zero attached hydrogens (tertiary/aromatic N) is 2. The first kappa shape index (κ1) is 18.7. The van der Waals surface area contributed by atoms with E-state index in [9.17, 15) is 9.59 Å². The first-order chi connectivity index (χ1) is 13.7. The minimum Gasteiger partial charge on any atom is -0.337 e. The maximum Gasteiger partial charge on any atom is 0.254 e. The highest BCUT2D eigenvalue weighted by molar-refractivity contribution is 5.96. The number of carbonyl (C=O) groups is 2. The smallest absolute Gasteiger partial charge is 0.254 e. The van der Waals surface area contributed by atoms with Gasteiger partial charge in [0.15, 0.2) is 0 Å². The minimum absolute atomic E-state index is 0.0822. The molecule has 5 nitrogen and oxygen atoms in total. The Labute approximate surface area is 166 Å². The van der Waals surface area contributed by atoms with Gasteiger partial charge in [0.2, 0.25) is 5.91 Å². The van der Waals surface area contributed by atoms with Crippen LogP contribution in [0.1, 0.15) is 34.3 Å². The zero-order chi connectivity index (χ0) is 19.3. The van der Waals surface area contributed by atoms with E-state index < -0.39 is 0 Å². The number of piperidine rings is 1. The average Bonchev–Trinajstić information content (AvgIpc) is 2.75. The number of amides is 2. The lowest BCUT2D eigenvalue weighted by atomic mass is 9.97. The Hall–Kier alpha value is -2.66. The zero-order valence-electron chi connectivity index (χ0n) is 16.1. The summed E-state index contributed by atoms with van der Waals surface area (Å²) in [7, 11) is 0. The van der Waals surface area contributed by atoms with Gasteiger partial charge in [0, 0.05) is 37.8 Å². The van der Waals surface area contributed by atoms with E-state index in [1.54, 1.807) is 0 Å². The Morgan fingerprint density at radius 2 is 1.82 bits per heavy atom. The van der Waals surface area contributed by atoms with Gasteiger partial charge in [-0.2, -0.15) is 0 Å². The Morgan fingerprint density at radius 3 is 2.64 bits per heavy atom. The third-order valence-electron chi connectivity index (χ3n) is 5.74. The molecule has 2 heterocycles. The molecule has 0 radical (unpaired) electrons. The van der Waals surface area contributed by atoms with E-state index in [0.29, 0.717) is 13.1 Å². The maximum atomic E-state index is 13.3. The van der Waals surface area contributed by atoms with Crippen molar-refractivity contribution in [2.75, 3.05) is 32.7 Å². The molecule has 2 aliphatic heterocycles. The average molecular weight is 377 g/mol. The molecular weight excluding hydrogens is 350 g/mol. The highest BCUT2D eigenvalue weighted by Crippen LogP contribution is 2.22. The summed E-state index contributed by atoms with van der Waals surface area (Å²) in [5.74, 6) is 0.230. The first-order valence-corrected chi connectivity index (χ1v) is 10.1. The van der Waals surface area contributed by atoms with E-state index in [2.05, 4.69) is 17.4 Å². The molecule has 2 aromatic carbocycles. The van der Waals surface area contributed by atoms with E-state index in [1.807, 2.05) is 52.3 Å². The van der Waals surface area contributed by atoms with E-state index in [4.69, 9.17) is 0 Å². The predicted octanol–water partition coefficient (Wildman–Crippen LogP) is 2.31. The summed E-state index contributed by atoms with van der Waals surface area (Å²) in [4.78, 5) is 29.5. The number of benzene rings is 2. The number of piperazine rings is 1. The molecule has 2 fully saturated rings. The molecule has 5 heteroatoms. The quantitative estimate of drug-likeness (QED) is 0.890. The van der Waals surface area contributed by atoms with Gasteiger partial charge in [-0.3, -0.25) is 9.59 Å². The van der Waals surface area contributed by atoms with Crippen molar-refractivity contribution in [1.29, 1.82) is 0 Å². The number of hydrogen-bond donors (Lipinski definition) is 1. The van der Waals surface area contributed by atoms with Crippen LogP contribution in [0.4, 0.5) is 0 Å². The van der Waals surface area contributed by atoms with Gasteiger partial charge in [-0.25, -0.2) is 0 Å². The van der Waals surface area contributed by atoms with Crippen LogP contribution in [0.15, 0.2) is 54.6 Å². The molecule has 1 unspecified atom stereocenters. The molecular formula is C23H27N3O2. The van der Waals surface area contributed by atoms with E-state index in [0.717, 1.165) is 50.0 Å². The van der Waals surface area contributed by atoms with Crippen molar-refractivity contribution >= 4 is 11.8 Å². The van der Waals surface area contributed by atoms with Crippen molar-refractivity contribution in [3.63, 3.8) is 0 Å². The van der Waals surface area contributed by atoms with Crippen LogP contribution in [-0.2, 0) is 11.2 Å². The molecule has 2 aromatic rings. The summed E-state index contributed by atoms with van der Waals surface area (Å²) in [6.07, 6.45) is 2.66. The summed E-state index contributed by atoms with van der Waals surface area (Å²) < 4.78 is 0. The van der Waals surface area contributed by atoms with Gasteiger partial charge in [0.25, 0.3) is 5.91 Å². The monoisotopic (exact) mass is 377 g/mol. The van der Waals surface area contributed by atoms with Crippen LogP contribution in [0.25, 0.3) is 0 Å². The molecule has 1 atom stereocenters. The number of carbonyl (C=O) groups excluding carboxylic acids is 2. The lowest BCUT2D eigenvalue weighted by molar-refractivity contribution is -0.135. The van der Waals surface area contributed by atoms with Crippen LogP contribution in [-0.4, -0.2) is 60.4 Å². The summed E-state index contributed by atoms with van der Waals surface area (Å²) in [5.41, 5.74) is 3.03. The van der Waals surface area contributed by atoms with Crippen LogP contribution < -0.4 is 5.32 Å². The van der Waals surface area contributed by atoms with Crippen LogP contribution in [0.2, 0.25) is 0 Å². The van der Waals surface area contributed by atoms with Crippen molar-refractivity contribution < 1.29 is 9.59 Å². The number of likely N-dealkylation sites (tertiary alicyclic amines) is 1. The van der Waals surface area contributed by atoms with Crippen LogP contribution in [0.5, 0.6) is 0 Å². The predicted molar refractivity (Wildman–Crippen MR) is 109 cm³/mol. The van der Waals surface area contributed by atoms with Gasteiger partial charge in [0.1, 0.15) is 0 Å². The van der Waals surface area contributed by atoms with Crippen molar-refractivity contribution in [3.8, 4) is 0 Å². The van der Waals surface area contributed by atoms with Gasteiger partial charge >= 0.3 is 0 Å². The van der Waals surface area contributed by atoms with Crippen LogP contribution in [0, 0.1) is 0 Å². The Bertz CT molecular complexity index is 837. The lowest BCUT2D eigenvalue weighted by Crippen LogP contribution is -2.57. The number of rotatable bonds is 4. The standard InChI is InChI=1S/C23H27N3O2/c27-22-16-24-12-14-26(22)20-10-6-13-25(17-20)23(28)21-11-5-4-9-19(21)15-18-7-2-1-3-8-18/h1-5,7-9,11,20,24H,6,10,12-17H2. The van der Waals surface area contributed by atoms with Crippen molar-refractivity contribution in [1.82, 2.24) is 15.1 Å². The van der Waals surface area contributed by atoms with E-state index >= 15 is 0 Å². The SMILES string of the molecule is O=C(c1ccccc1Cc1ccccc1)N1CCCC(N2CCNCC2=O)C1. The molecule has 146 valence electrons. The zero-order valence-corrected chi connectivity index (χ0v) is 16.1. The lowest BCUT2D eigenvalue weighted by Gasteiger charge is -2.41. The second-order valence-electron chi connectivity index (χ2n) is 7.63. The minimum atomic E-state index is 0.0822. The Kier molecular flexibility index (Phi) is 5.72. The van der Waals surface area contributed by atoms with Crippen LogP contribution >= 0.6 is 0 Å². The highest BCUT2D eigenvalue weighted by atomic mass is 16.2. The fraction of sp³-hybridized carbons (Fsp3) is 0.391. The number of nitrogens with one attached hydrogen (secondary N) is 1. The molecule has 0 saturated carbocycles. The highest BCUT2D eigenvalue weighted by Gasteiger charge is 2.32. The Balaban J connectivity index is 1.50.